The number of primary sulfonamides is 1. The molecule has 0 bridgehead atoms. The van der Waals surface area contributed by atoms with E-state index in [0.29, 0.717) is 18.8 Å². The van der Waals surface area contributed by atoms with Crippen LogP contribution in [0.5, 0.6) is 0 Å². The molecule has 1 saturated carbocycles. The molecule has 1 aliphatic carbocycles. The molecule has 12 heavy (non-hydrogen) atoms. The van der Waals surface area contributed by atoms with Gasteiger partial charge in [-0.3, -0.25) is 0 Å². The molecule has 3 nitrogen and oxygen atoms in total. The van der Waals surface area contributed by atoms with Gasteiger partial charge in [-0.2, -0.15) is 0 Å². The van der Waals surface area contributed by atoms with Gasteiger partial charge in [0.05, 0.1) is 5.25 Å². The maximum atomic E-state index is 11.0. The zero-order valence-corrected chi connectivity index (χ0v) is 7.89. The molecule has 0 aromatic carbocycles. The van der Waals surface area contributed by atoms with Crippen LogP contribution in [0.2, 0.25) is 0 Å². The fraction of sp³-hybridized carbons (Fsp3) is 0.750. The lowest BCUT2D eigenvalue weighted by molar-refractivity contribution is 0.414. The van der Waals surface area contributed by atoms with E-state index in [1.807, 2.05) is 6.08 Å². The molecule has 70 valence electrons. The Balaban J connectivity index is 2.64. The first-order chi connectivity index (χ1) is 5.54. The predicted octanol–water partition coefficient (Wildman–Crippen LogP) is 1.02. The van der Waals surface area contributed by atoms with Crippen molar-refractivity contribution < 1.29 is 8.42 Å². The van der Waals surface area contributed by atoms with E-state index in [2.05, 4.69) is 6.58 Å². The van der Waals surface area contributed by atoms with Gasteiger partial charge in [-0.1, -0.05) is 12.5 Å². The van der Waals surface area contributed by atoms with Gasteiger partial charge in [-0.25, -0.2) is 13.6 Å². The van der Waals surface area contributed by atoms with Crippen LogP contribution in [0.4, 0.5) is 0 Å². The second-order valence-electron chi connectivity index (χ2n) is 3.37. The van der Waals surface area contributed by atoms with Gasteiger partial charge in [0.1, 0.15) is 0 Å². The van der Waals surface area contributed by atoms with Gasteiger partial charge in [0.25, 0.3) is 0 Å². The molecule has 2 atom stereocenters. The molecule has 0 unspecified atom stereocenters. The van der Waals surface area contributed by atoms with E-state index in [4.69, 9.17) is 5.14 Å². The maximum absolute atomic E-state index is 11.0. The highest BCUT2D eigenvalue weighted by molar-refractivity contribution is 7.89. The molecule has 1 rings (SSSR count). The predicted molar refractivity (Wildman–Crippen MR) is 49.1 cm³/mol. The van der Waals surface area contributed by atoms with E-state index in [-0.39, 0.29) is 5.25 Å². The topological polar surface area (TPSA) is 60.2 Å². The Hall–Kier alpha value is -0.350. The van der Waals surface area contributed by atoms with E-state index >= 15 is 0 Å². The number of hydrogen-bond donors (Lipinski definition) is 1. The summed E-state index contributed by atoms with van der Waals surface area (Å²) in [5.74, 6) is 0.335. The molecule has 4 heteroatoms. The molecular weight excluding hydrogens is 174 g/mol. The van der Waals surface area contributed by atoms with Crippen LogP contribution in [0.15, 0.2) is 12.7 Å². The van der Waals surface area contributed by atoms with Crippen molar-refractivity contribution in [2.75, 3.05) is 0 Å². The third-order valence-electron chi connectivity index (χ3n) is 2.46. The monoisotopic (exact) mass is 189 g/mol. The number of hydrogen-bond acceptors (Lipinski definition) is 2. The van der Waals surface area contributed by atoms with Crippen LogP contribution in [-0.2, 0) is 10.0 Å². The summed E-state index contributed by atoms with van der Waals surface area (Å²) in [6.07, 6.45) is 5.19. The summed E-state index contributed by atoms with van der Waals surface area (Å²) in [6.45, 7) is 3.67. The summed E-state index contributed by atoms with van der Waals surface area (Å²) in [4.78, 5) is 0. The largest absolute Gasteiger partial charge is 0.228 e. The fourth-order valence-electron chi connectivity index (χ4n) is 1.69. The van der Waals surface area contributed by atoms with E-state index in [1.165, 1.54) is 0 Å². The van der Waals surface area contributed by atoms with Crippen molar-refractivity contribution in [3.8, 4) is 0 Å². The molecule has 1 aliphatic rings. The molecule has 0 saturated heterocycles. The average molecular weight is 189 g/mol. The standard InChI is InChI=1S/C8H15NO2S/c1-2-7-4-3-5-8(6-7)12(9,10)11/h2,7-8H,1,3-6H2,(H2,9,10,11)/t7-,8-/m0/s1. The van der Waals surface area contributed by atoms with Crippen LogP contribution < -0.4 is 5.14 Å². The molecule has 0 spiro atoms. The van der Waals surface area contributed by atoms with Crippen LogP contribution in [0, 0.1) is 5.92 Å². The zero-order chi connectivity index (χ0) is 9.19. The van der Waals surface area contributed by atoms with Crippen molar-refractivity contribution in [2.45, 2.75) is 30.9 Å². The Bertz CT molecular complexity index is 258. The minimum Gasteiger partial charge on any atom is -0.228 e. The third-order valence-corrected chi connectivity index (χ3v) is 3.82. The van der Waals surface area contributed by atoms with Gasteiger partial charge >= 0.3 is 0 Å². The number of nitrogens with two attached hydrogens (primary N) is 1. The van der Waals surface area contributed by atoms with Gasteiger partial charge in [-0.05, 0) is 25.2 Å². The average Bonchev–Trinajstić information content (AvgIpc) is 2.03. The smallest absolute Gasteiger partial charge is 0.211 e. The lowest BCUT2D eigenvalue weighted by atomic mass is 9.89. The fourth-order valence-corrected chi connectivity index (χ4v) is 2.70. The van der Waals surface area contributed by atoms with Crippen LogP contribution in [0.3, 0.4) is 0 Å². The number of allylic oxidation sites excluding steroid dienone is 1. The Labute approximate surface area is 73.7 Å². The Morgan fingerprint density at radius 1 is 1.42 bits per heavy atom. The highest BCUT2D eigenvalue weighted by Gasteiger charge is 2.27. The van der Waals surface area contributed by atoms with E-state index < -0.39 is 10.0 Å². The molecule has 0 aliphatic heterocycles. The minimum absolute atomic E-state index is 0.335. The number of rotatable bonds is 2. The summed E-state index contributed by atoms with van der Waals surface area (Å²) in [6, 6.07) is 0. The lowest BCUT2D eigenvalue weighted by Gasteiger charge is -2.25. The SMILES string of the molecule is C=C[C@H]1CCC[C@H](S(N)(=O)=O)C1. The lowest BCUT2D eigenvalue weighted by Crippen LogP contribution is -2.32. The maximum Gasteiger partial charge on any atom is 0.211 e. The van der Waals surface area contributed by atoms with Crippen LogP contribution >= 0.6 is 0 Å². The third kappa shape index (κ3) is 2.32. The molecular formula is C8H15NO2S. The summed E-state index contributed by atoms with van der Waals surface area (Å²) in [5, 5.41) is 4.73. The highest BCUT2D eigenvalue weighted by atomic mass is 32.2. The van der Waals surface area contributed by atoms with Crippen molar-refractivity contribution in [1.29, 1.82) is 0 Å². The Kier molecular flexibility index (Phi) is 2.90. The van der Waals surface area contributed by atoms with Crippen molar-refractivity contribution in [3.05, 3.63) is 12.7 Å². The van der Waals surface area contributed by atoms with Gasteiger partial charge < -0.3 is 0 Å². The van der Waals surface area contributed by atoms with Gasteiger partial charge in [-0.15, -0.1) is 6.58 Å². The molecule has 0 heterocycles. The Morgan fingerprint density at radius 3 is 2.58 bits per heavy atom. The number of sulfonamides is 1. The van der Waals surface area contributed by atoms with Gasteiger partial charge in [0.15, 0.2) is 0 Å². The first kappa shape index (κ1) is 9.74. The molecule has 0 aromatic heterocycles. The summed E-state index contributed by atoms with van der Waals surface area (Å²) >= 11 is 0. The molecule has 0 amide bonds. The van der Waals surface area contributed by atoms with Gasteiger partial charge in [0, 0.05) is 0 Å². The summed E-state index contributed by atoms with van der Waals surface area (Å²) < 4.78 is 22.0. The van der Waals surface area contributed by atoms with Crippen molar-refractivity contribution in [2.24, 2.45) is 11.1 Å². The second-order valence-corrected chi connectivity index (χ2v) is 5.22. The Morgan fingerprint density at radius 2 is 2.08 bits per heavy atom. The van der Waals surface area contributed by atoms with Gasteiger partial charge in [0.2, 0.25) is 10.0 Å². The first-order valence-corrected chi connectivity index (χ1v) is 5.79. The van der Waals surface area contributed by atoms with Crippen LogP contribution in [0.25, 0.3) is 0 Å². The van der Waals surface area contributed by atoms with E-state index in [0.717, 1.165) is 12.8 Å². The van der Waals surface area contributed by atoms with E-state index in [9.17, 15) is 8.42 Å². The highest BCUT2D eigenvalue weighted by Crippen LogP contribution is 2.27. The molecule has 2 N–H and O–H groups in total. The van der Waals surface area contributed by atoms with Crippen LogP contribution in [0.1, 0.15) is 25.7 Å². The van der Waals surface area contributed by atoms with Crippen molar-refractivity contribution in [3.63, 3.8) is 0 Å². The molecule has 1 fully saturated rings. The zero-order valence-electron chi connectivity index (χ0n) is 7.07. The molecule has 0 aromatic rings. The molecule has 0 radical (unpaired) electrons. The van der Waals surface area contributed by atoms with Crippen molar-refractivity contribution in [1.82, 2.24) is 0 Å². The van der Waals surface area contributed by atoms with Crippen molar-refractivity contribution >= 4 is 10.0 Å². The normalized spacial score (nSPS) is 31.4. The first-order valence-electron chi connectivity index (χ1n) is 4.18. The van der Waals surface area contributed by atoms with Crippen LogP contribution in [-0.4, -0.2) is 13.7 Å². The minimum atomic E-state index is -3.32. The quantitative estimate of drug-likeness (QED) is 0.659. The summed E-state index contributed by atoms with van der Waals surface area (Å²) in [5.41, 5.74) is 0. The second kappa shape index (κ2) is 3.58. The summed E-state index contributed by atoms with van der Waals surface area (Å²) in [7, 11) is -3.32. The van der Waals surface area contributed by atoms with E-state index in [1.54, 1.807) is 0 Å².